The Bertz CT molecular complexity index is 12.4. The summed E-state index contributed by atoms with van der Waals surface area (Å²) in [5, 5.41) is 0. The summed E-state index contributed by atoms with van der Waals surface area (Å²) in [6.45, 7) is 0. The molecule has 0 saturated heterocycles. The summed E-state index contributed by atoms with van der Waals surface area (Å²) in [5.74, 6) is 0. The van der Waals surface area contributed by atoms with Gasteiger partial charge >= 0.3 is 42.5 Å². The Balaban J connectivity index is 2.19. The molecule has 2 N–H and O–H groups in total. The first-order valence-electron chi connectivity index (χ1n) is 0.698. The summed E-state index contributed by atoms with van der Waals surface area (Å²) in [6, 6.07) is 0. The van der Waals surface area contributed by atoms with Crippen LogP contribution in [0.25, 0.3) is 0 Å². The van der Waals surface area contributed by atoms with Crippen molar-refractivity contribution in [2.24, 2.45) is 0 Å². The summed E-state index contributed by atoms with van der Waals surface area (Å²) in [7, 11) is 0. The molecule has 5 heavy (non-hydrogen) atoms. The zero-order valence-corrected chi connectivity index (χ0v) is 5.55. The van der Waals surface area contributed by atoms with Gasteiger partial charge in [-0.2, -0.15) is 0 Å². The second-order valence-corrected chi connectivity index (χ2v) is 2.61. The van der Waals surface area contributed by atoms with Crippen LogP contribution in [0.1, 0.15) is 0 Å². The summed E-state index contributed by atoms with van der Waals surface area (Å²) in [6.07, 6.45) is 0. The number of hydrogen-bond donors (Lipinski definition) is 2. The van der Waals surface area contributed by atoms with Crippen LogP contribution >= 0.6 is 0 Å². The van der Waals surface area contributed by atoms with Gasteiger partial charge in [0.25, 0.3) is 0 Å². The van der Waals surface area contributed by atoms with Crippen LogP contribution in [0.15, 0.2) is 0 Å². The minimum atomic E-state index is -0.797. The third-order valence-corrected chi connectivity index (χ3v) is 1.64. The van der Waals surface area contributed by atoms with E-state index in [2.05, 4.69) is 2.90 Å². The van der Waals surface area contributed by atoms with Gasteiger partial charge in [-0.1, -0.05) is 0 Å². The van der Waals surface area contributed by atoms with Crippen LogP contribution in [0.2, 0.25) is 0 Å². The van der Waals surface area contributed by atoms with Gasteiger partial charge in [0.05, 0.1) is 0 Å². The molecule has 0 radical (unpaired) electrons. The first kappa shape index (κ1) is 5.92. The second-order valence-electron chi connectivity index (χ2n) is 0.217. The van der Waals surface area contributed by atoms with Crippen LogP contribution < -0.4 is 0 Å². The van der Waals surface area contributed by atoms with Gasteiger partial charge < -0.3 is 0 Å². The van der Waals surface area contributed by atoms with Crippen molar-refractivity contribution in [3.8, 4) is 0 Å². The van der Waals surface area contributed by atoms with Crippen molar-refractivity contribution in [3.63, 3.8) is 0 Å². The molecule has 0 aromatic rings. The van der Waals surface area contributed by atoms with E-state index in [-0.39, 0.29) is 0 Å². The van der Waals surface area contributed by atoms with Crippen LogP contribution in [0.4, 0.5) is 0 Å². The van der Waals surface area contributed by atoms with E-state index in [1.807, 2.05) is 0 Å². The van der Waals surface area contributed by atoms with E-state index in [4.69, 9.17) is 8.38 Å². The molecule has 0 bridgehead atoms. The molecule has 0 aliphatic heterocycles. The third-order valence-electron chi connectivity index (χ3n) is 0.0609. The molecule has 0 aromatic heterocycles. The first-order valence-corrected chi connectivity index (χ1v) is 3.63. The second kappa shape index (κ2) is 4.92. The minimum absolute atomic E-state index is 0.797. The summed E-state index contributed by atoms with van der Waals surface area (Å²) in [4.78, 5) is 0. The Kier molecular flexibility index (Phi) is 5.82. The Hall–Kier alpha value is 0.919. The predicted molar refractivity (Wildman–Crippen MR) is 17.0 cm³/mol. The molecule has 0 spiro atoms. The summed E-state index contributed by atoms with van der Waals surface area (Å²) in [5.41, 5.74) is 0. The fourth-order valence-corrected chi connectivity index (χ4v) is 0.367. The van der Waals surface area contributed by atoms with Gasteiger partial charge in [-0.25, -0.2) is 0 Å². The normalized spacial score (nSPS) is 8.40. The molecule has 3 nitrogen and oxygen atoms in total. The van der Waals surface area contributed by atoms with Crippen molar-refractivity contribution in [2.75, 3.05) is 0 Å². The molecule has 0 aliphatic carbocycles. The van der Waals surface area contributed by atoms with E-state index < -0.39 is 31.2 Å². The SMILES string of the molecule is O[Se]O[Se]O. The van der Waals surface area contributed by atoms with Crippen molar-refractivity contribution >= 4 is 31.2 Å². The van der Waals surface area contributed by atoms with Crippen LogP contribution in [0, 0.1) is 0 Å². The van der Waals surface area contributed by atoms with Crippen molar-refractivity contribution in [3.05, 3.63) is 0 Å². The zero-order valence-electron chi connectivity index (χ0n) is 2.12. The Morgan fingerprint density at radius 1 is 1.20 bits per heavy atom. The summed E-state index contributed by atoms with van der Waals surface area (Å²) < 4.78 is 19.6. The topological polar surface area (TPSA) is 49.7 Å². The molecule has 0 rings (SSSR count). The van der Waals surface area contributed by atoms with Crippen molar-refractivity contribution in [1.29, 1.82) is 0 Å². The van der Waals surface area contributed by atoms with E-state index in [9.17, 15) is 0 Å². The molecule has 0 amide bonds. The van der Waals surface area contributed by atoms with Crippen molar-refractivity contribution < 1.29 is 11.3 Å². The molecule has 0 fully saturated rings. The average Bonchev–Trinajstić information content (AvgIpc) is 1.41. The van der Waals surface area contributed by atoms with Gasteiger partial charge in [0.2, 0.25) is 0 Å². The Labute approximate surface area is 42.9 Å². The van der Waals surface area contributed by atoms with Gasteiger partial charge in [0, 0.05) is 0 Å². The van der Waals surface area contributed by atoms with E-state index in [0.29, 0.717) is 0 Å². The quantitative estimate of drug-likeness (QED) is 0.519. The van der Waals surface area contributed by atoms with Crippen LogP contribution in [0.3, 0.4) is 0 Å². The van der Waals surface area contributed by atoms with E-state index in [1.165, 1.54) is 0 Å². The first-order chi connectivity index (χ1) is 2.41. The molecule has 0 heterocycles. The fraction of sp³-hybridized carbons (Fsp3) is 0. The zero-order chi connectivity index (χ0) is 4.12. The van der Waals surface area contributed by atoms with Crippen LogP contribution in [-0.2, 0) is 2.90 Å². The van der Waals surface area contributed by atoms with Crippen molar-refractivity contribution in [1.82, 2.24) is 0 Å². The van der Waals surface area contributed by atoms with Crippen LogP contribution in [0.5, 0.6) is 0 Å². The number of hydrogen-bond acceptors (Lipinski definition) is 3. The van der Waals surface area contributed by atoms with E-state index in [1.54, 1.807) is 0 Å². The molecule has 5 heteroatoms. The molecule has 0 saturated carbocycles. The fourth-order valence-electron chi connectivity index (χ4n) is 0.0136. The molecular weight excluding hydrogens is 206 g/mol. The van der Waals surface area contributed by atoms with Gasteiger partial charge in [0.15, 0.2) is 0 Å². The maximum absolute atomic E-state index is 7.76. The average molecular weight is 208 g/mol. The monoisotopic (exact) mass is 210 g/mol. The van der Waals surface area contributed by atoms with Gasteiger partial charge in [0.1, 0.15) is 0 Å². The van der Waals surface area contributed by atoms with Gasteiger partial charge in [-0.05, 0) is 0 Å². The molecule has 0 aromatic carbocycles. The van der Waals surface area contributed by atoms with Crippen molar-refractivity contribution in [2.45, 2.75) is 0 Å². The molecule has 0 aliphatic rings. The van der Waals surface area contributed by atoms with Gasteiger partial charge in [-0.15, -0.1) is 0 Å². The summed E-state index contributed by atoms with van der Waals surface area (Å²) >= 11 is -1.59. The maximum atomic E-state index is 7.76. The number of rotatable bonds is 2. The van der Waals surface area contributed by atoms with Gasteiger partial charge in [-0.3, -0.25) is 0 Å². The molecule has 0 unspecified atom stereocenters. The van der Waals surface area contributed by atoms with Crippen LogP contribution in [-0.4, -0.2) is 39.6 Å². The molecule has 0 atom stereocenters. The van der Waals surface area contributed by atoms with E-state index in [0.717, 1.165) is 0 Å². The Morgan fingerprint density at radius 3 is 1.60 bits per heavy atom. The van der Waals surface area contributed by atoms with E-state index >= 15 is 0 Å². The standard InChI is InChI=1S/H2O3Se2/c1-4-3-5-2/h1-2H. The third kappa shape index (κ3) is 4.92. The Morgan fingerprint density at radius 2 is 1.60 bits per heavy atom. The molecule has 32 valence electrons. The predicted octanol–water partition coefficient (Wildman–Crippen LogP) is -1.94. The molecular formula is H2O3Se2.